The number of nitrogens with zero attached hydrogens (tertiary/aromatic N) is 1. The molecule has 7 nitrogen and oxygen atoms in total. The molecule has 0 heterocycles. The van der Waals surface area contributed by atoms with Crippen molar-refractivity contribution in [2.24, 2.45) is 10.1 Å². The highest BCUT2D eigenvalue weighted by atomic mass is 32.2. The molecule has 17 heavy (non-hydrogen) atoms. The van der Waals surface area contributed by atoms with Gasteiger partial charge in [-0.2, -0.15) is 0 Å². The van der Waals surface area contributed by atoms with Crippen LogP contribution in [0.4, 0.5) is 4.79 Å². The number of carboxylic acids is 1. The Morgan fingerprint density at radius 3 is 2.71 bits per heavy atom. The molecule has 0 fully saturated rings. The van der Waals surface area contributed by atoms with Gasteiger partial charge in [0.2, 0.25) is 0 Å². The van der Waals surface area contributed by atoms with E-state index < -0.39 is 27.8 Å². The summed E-state index contributed by atoms with van der Waals surface area (Å²) in [6, 6.07) is -1.12. The molecule has 0 aliphatic rings. The largest absolute Gasteiger partial charge is 0.480 e. The van der Waals surface area contributed by atoms with Gasteiger partial charge in [-0.05, 0) is 6.42 Å². The van der Waals surface area contributed by atoms with Gasteiger partial charge in [0.1, 0.15) is 12.6 Å². The van der Waals surface area contributed by atoms with Crippen LogP contribution in [0.25, 0.3) is 0 Å². The lowest BCUT2D eigenvalue weighted by Crippen LogP contribution is -2.32. The van der Waals surface area contributed by atoms with Crippen molar-refractivity contribution in [3.63, 3.8) is 0 Å². The minimum Gasteiger partial charge on any atom is -0.480 e. The zero-order valence-corrected chi connectivity index (χ0v) is 10.3. The van der Waals surface area contributed by atoms with Crippen LogP contribution in [0.5, 0.6) is 0 Å². The summed E-state index contributed by atoms with van der Waals surface area (Å²) in [5, 5.41) is 8.53. The van der Waals surface area contributed by atoms with E-state index >= 15 is 0 Å². The van der Waals surface area contributed by atoms with Crippen molar-refractivity contribution in [1.29, 1.82) is 0 Å². The van der Waals surface area contributed by atoms with Gasteiger partial charge in [0.25, 0.3) is 0 Å². The van der Waals surface area contributed by atoms with Gasteiger partial charge in [0.15, 0.2) is 0 Å². The minimum atomic E-state index is -2.82. The van der Waals surface area contributed by atoms with E-state index in [1.54, 1.807) is 0 Å². The normalized spacial score (nSPS) is 15.4. The smallest absolute Gasteiger partial charge is 0.442 e. The summed E-state index contributed by atoms with van der Waals surface area (Å²) in [4.78, 5) is 21.5. The van der Waals surface area contributed by atoms with Crippen LogP contribution in [0.1, 0.15) is 6.42 Å². The average Bonchev–Trinajstić information content (AvgIpc) is 2.22. The Kier molecular flexibility index (Phi) is 6.44. The number of hydrogen-bond acceptors (Lipinski definition) is 5. The Hall–Kier alpha value is -1.41. The summed E-state index contributed by atoms with van der Waals surface area (Å²) in [5.41, 5.74) is 5.24. The van der Waals surface area contributed by atoms with Crippen molar-refractivity contribution >= 4 is 21.8 Å². The van der Waals surface area contributed by atoms with Gasteiger partial charge >= 0.3 is 12.1 Å². The number of carbonyl (C=O) groups is 2. The summed E-state index contributed by atoms with van der Waals surface area (Å²) < 4.78 is 19.6. The highest BCUT2D eigenvalue weighted by molar-refractivity contribution is 7.93. The number of nitrogens with two attached hydrogens (primary N) is 1. The molecule has 0 aromatic rings. The van der Waals surface area contributed by atoms with Gasteiger partial charge in [0.05, 0.1) is 9.73 Å². The van der Waals surface area contributed by atoms with Crippen molar-refractivity contribution in [2.75, 3.05) is 18.6 Å². The summed E-state index contributed by atoms with van der Waals surface area (Å²) in [6.45, 7) is 3.31. The van der Waals surface area contributed by atoms with E-state index in [4.69, 9.17) is 10.8 Å². The van der Waals surface area contributed by atoms with Crippen LogP contribution < -0.4 is 5.73 Å². The summed E-state index contributed by atoms with van der Waals surface area (Å²) in [7, 11) is -2.82. The molecule has 2 unspecified atom stereocenters. The molecule has 98 valence electrons. The summed E-state index contributed by atoms with van der Waals surface area (Å²) in [6.07, 6.45) is 1.62. The Morgan fingerprint density at radius 2 is 2.24 bits per heavy atom. The van der Waals surface area contributed by atoms with Crippen LogP contribution in [0, 0.1) is 0 Å². The fourth-order valence-electron chi connectivity index (χ4n) is 0.829. The van der Waals surface area contributed by atoms with Crippen molar-refractivity contribution in [3.05, 3.63) is 12.7 Å². The SMILES string of the molecule is C=CCOC(=O)N=S(C)(=O)CCC(N)C(=O)O. The first-order valence-electron chi connectivity index (χ1n) is 4.74. The molecule has 0 spiro atoms. The molecule has 1 amide bonds. The van der Waals surface area contributed by atoms with Gasteiger partial charge in [0, 0.05) is 12.0 Å². The quantitative estimate of drug-likeness (QED) is 0.662. The number of carboxylic acid groups (broad SMARTS) is 1. The van der Waals surface area contributed by atoms with Gasteiger partial charge < -0.3 is 15.6 Å². The van der Waals surface area contributed by atoms with Gasteiger partial charge in [-0.3, -0.25) is 4.79 Å². The fourth-order valence-corrected chi connectivity index (χ4v) is 1.98. The highest BCUT2D eigenvalue weighted by Crippen LogP contribution is 2.00. The van der Waals surface area contributed by atoms with Crippen molar-refractivity contribution < 1.29 is 23.6 Å². The molecular formula is C9H16N2O5S. The second-order valence-corrected chi connectivity index (χ2v) is 5.86. The van der Waals surface area contributed by atoms with Gasteiger partial charge in [-0.1, -0.05) is 12.7 Å². The molecule has 0 aromatic heterocycles. The minimum absolute atomic E-state index is 0.0213. The van der Waals surface area contributed by atoms with E-state index in [1.807, 2.05) is 0 Å². The van der Waals surface area contributed by atoms with Crippen LogP contribution in [0.3, 0.4) is 0 Å². The molecule has 0 rings (SSSR count). The number of rotatable bonds is 6. The second-order valence-electron chi connectivity index (χ2n) is 3.35. The number of carbonyl (C=O) groups excluding carboxylic acids is 1. The molecule has 0 aliphatic carbocycles. The molecule has 0 aliphatic heterocycles. The van der Waals surface area contributed by atoms with Gasteiger partial charge in [-0.15, -0.1) is 4.36 Å². The van der Waals surface area contributed by atoms with Crippen LogP contribution in [-0.2, 0) is 19.3 Å². The third-order valence-electron chi connectivity index (χ3n) is 1.72. The summed E-state index contributed by atoms with van der Waals surface area (Å²) in [5.74, 6) is -1.27. The van der Waals surface area contributed by atoms with Gasteiger partial charge in [-0.25, -0.2) is 9.00 Å². The van der Waals surface area contributed by atoms with Crippen LogP contribution >= 0.6 is 0 Å². The molecule has 0 saturated heterocycles. The van der Waals surface area contributed by atoms with Crippen molar-refractivity contribution in [1.82, 2.24) is 0 Å². The Morgan fingerprint density at radius 1 is 1.65 bits per heavy atom. The lowest BCUT2D eigenvalue weighted by Gasteiger charge is -2.07. The first-order valence-corrected chi connectivity index (χ1v) is 6.83. The predicted molar refractivity (Wildman–Crippen MR) is 63.1 cm³/mol. The Bertz CT molecular complexity index is 412. The molecule has 0 aromatic carbocycles. The standard InChI is InChI=1S/C9H16N2O5S/c1-3-5-16-9(14)11-17(2,15)6-4-7(10)8(12)13/h3,7H,1,4-6,10H2,2H3,(H,12,13). The molecular weight excluding hydrogens is 248 g/mol. The van der Waals surface area contributed by atoms with E-state index in [0.29, 0.717) is 0 Å². The summed E-state index contributed by atoms with van der Waals surface area (Å²) >= 11 is 0. The van der Waals surface area contributed by atoms with Crippen LogP contribution in [0.2, 0.25) is 0 Å². The third kappa shape index (κ3) is 7.47. The lowest BCUT2D eigenvalue weighted by molar-refractivity contribution is -0.138. The van der Waals surface area contributed by atoms with E-state index in [2.05, 4.69) is 15.7 Å². The second kappa shape index (κ2) is 7.02. The monoisotopic (exact) mass is 264 g/mol. The highest BCUT2D eigenvalue weighted by Gasteiger charge is 2.15. The maximum atomic E-state index is 11.7. The van der Waals surface area contributed by atoms with E-state index in [9.17, 15) is 13.8 Å². The number of amides is 1. The molecule has 0 radical (unpaired) electrons. The van der Waals surface area contributed by atoms with Crippen molar-refractivity contribution in [2.45, 2.75) is 12.5 Å². The fraction of sp³-hybridized carbons (Fsp3) is 0.556. The van der Waals surface area contributed by atoms with Crippen LogP contribution in [-0.4, -0.2) is 46.0 Å². The molecule has 2 atom stereocenters. The maximum absolute atomic E-state index is 11.7. The number of aliphatic carboxylic acids is 1. The first-order chi connectivity index (χ1) is 7.78. The van der Waals surface area contributed by atoms with Crippen molar-refractivity contribution in [3.8, 4) is 0 Å². The Balaban J connectivity index is 4.41. The Labute approximate surface area is 99.8 Å². The van der Waals surface area contributed by atoms with E-state index in [-0.39, 0.29) is 18.8 Å². The van der Waals surface area contributed by atoms with Crippen LogP contribution in [0.15, 0.2) is 17.0 Å². The zero-order valence-electron chi connectivity index (χ0n) is 9.50. The topological polar surface area (TPSA) is 119 Å². The molecule has 0 bridgehead atoms. The number of hydrogen-bond donors (Lipinski definition) is 2. The first kappa shape index (κ1) is 15.6. The van der Waals surface area contributed by atoms with E-state index in [0.717, 1.165) is 0 Å². The lowest BCUT2D eigenvalue weighted by atomic mass is 10.2. The van der Waals surface area contributed by atoms with E-state index in [1.165, 1.54) is 12.3 Å². The number of ether oxygens (including phenoxy) is 1. The molecule has 3 N–H and O–H groups in total. The average molecular weight is 264 g/mol. The molecule has 8 heteroatoms. The zero-order chi connectivity index (χ0) is 13.5. The predicted octanol–water partition coefficient (Wildman–Crippen LogP) is 0.209. The third-order valence-corrected chi connectivity index (χ3v) is 3.25. The maximum Gasteiger partial charge on any atom is 0.442 e. The molecule has 0 saturated carbocycles.